The van der Waals surface area contributed by atoms with Crippen molar-refractivity contribution < 1.29 is 14.3 Å². The monoisotopic (exact) mass is 407 g/mol. The van der Waals surface area contributed by atoms with Crippen LogP contribution in [0.1, 0.15) is 36.8 Å². The Morgan fingerprint density at radius 1 is 1.20 bits per heavy atom. The summed E-state index contributed by atoms with van der Waals surface area (Å²) in [6, 6.07) is 11.2. The topological polar surface area (TPSA) is 95.9 Å². The maximum Gasteiger partial charge on any atom is 0.288 e. The van der Waals surface area contributed by atoms with Crippen molar-refractivity contribution in [2.24, 2.45) is 4.99 Å². The average molecular weight is 407 g/mol. The van der Waals surface area contributed by atoms with Crippen LogP contribution in [0.2, 0.25) is 0 Å². The van der Waals surface area contributed by atoms with Gasteiger partial charge in [-0.15, -0.1) is 0 Å². The number of benzene rings is 1. The van der Waals surface area contributed by atoms with Gasteiger partial charge in [0.15, 0.2) is 0 Å². The second kappa shape index (κ2) is 8.94. The first kappa shape index (κ1) is 19.9. The summed E-state index contributed by atoms with van der Waals surface area (Å²) in [6.45, 7) is 2.19. The molecule has 1 saturated carbocycles. The van der Waals surface area contributed by atoms with Gasteiger partial charge in [-0.3, -0.25) is 20.0 Å². The Bertz CT molecular complexity index is 934. The molecule has 4 rings (SSSR count). The lowest BCUT2D eigenvalue weighted by Gasteiger charge is -2.27. The van der Waals surface area contributed by atoms with Crippen LogP contribution in [0.3, 0.4) is 0 Å². The van der Waals surface area contributed by atoms with E-state index in [2.05, 4.69) is 20.7 Å². The van der Waals surface area contributed by atoms with Gasteiger partial charge in [0.1, 0.15) is 12.6 Å². The number of hydrogen-bond donors (Lipinski definition) is 2. The number of nitrogens with one attached hydrogen (secondary N) is 2. The summed E-state index contributed by atoms with van der Waals surface area (Å²) in [6.07, 6.45) is 6.54. The summed E-state index contributed by atoms with van der Waals surface area (Å²) < 4.78 is 5.86. The fourth-order valence-corrected chi connectivity index (χ4v) is 3.47. The van der Waals surface area contributed by atoms with Crippen molar-refractivity contribution in [2.75, 3.05) is 11.6 Å². The zero-order valence-electron chi connectivity index (χ0n) is 16.9. The number of carbonyl (C=O) groups is 2. The zero-order chi connectivity index (χ0) is 20.9. The van der Waals surface area contributed by atoms with E-state index in [0.29, 0.717) is 18.1 Å². The summed E-state index contributed by atoms with van der Waals surface area (Å²) in [4.78, 5) is 33.1. The number of pyridine rings is 1. The number of hydrazine groups is 1. The zero-order valence-corrected chi connectivity index (χ0v) is 16.9. The third kappa shape index (κ3) is 4.76. The van der Waals surface area contributed by atoms with Gasteiger partial charge in [0.2, 0.25) is 11.7 Å². The third-order valence-electron chi connectivity index (χ3n) is 5.19. The van der Waals surface area contributed by atoms with Crippen molar-refractivity contribution in [1.82, 2.24) is 15.7 Å². The van der Waals surface area contributed by atoms with Crippen LogP contribution in [-0.2, 0) is 16.1 Å². The Hall–Kier alpha value is -3.42. The molecule has 156 valence electrons. The van der Waals surface area contributed by atoms with Crippen LogP contribution in [0.5, 0.6) is 5.88 Å². The van der Waals surface area contributed by atoms with E-state index in [1.807, 2.05) is 43.3 Å². The lowest BCUT2D eigenvalue weighted by atomic mass is 10.2. The number of ether oxygens (including phenoxy) is 1. The molecule has 0 saturated heterocycles. The van der Waals surface area contributed by atoms with Crippen LogP contribution < -0.4 is 20.5 Å². The summed E-state index contributed by atoms with van der Waals surface area (Å²) in [7, 11) is 0. The number of nitrogens with zero attached hydrogens (tertiary/aromatic N) is 3. The van der Waals surface area contributed by atoms with Crippen molar-refractivity contribution in [3.63, 3.8) is 0 Å². The molecule has 2 amide bonds. The van der Waals surface area contributed by atoms with Crippen molar-refractivity contribution in [3.05, 3.63) is 53.7 Å². The number of hydrogen-bond acceptors (Lipinski definition) is 6. The maximum absolute atomic E-state index is 12.5. The second-order valence-corrected chi connectivity index (χ2v) is 7.55. The lowest BCUT2D eigenvalue weighted by molar-refractivity contribution is -0.118. The number of aromatic nitrogens is 1. The Balaban J connectivity index is 1.32. The number of aliphatic imine (C=N–C) groups is 1. The largest absolute Gasteiger partial charge is 0.474 e. The van der Waals surface area contributed by atoms with Crippen LogP contribution in [0, 0.1) is 6.92 Å². The molecule has 8 heteroatoms. The minimum atomic E-state index is -0.383. The Morgan fingerprint density at radius 3 is 2.67 bits per heavy atom. The third-order valence-corrected chi connectivity index (χ3v) is 5.19. The van der Waals surface area contributed by atoms with E-state index < -0.39 is 0 Å². The minimum absolute atomic E-state index is 0.0849. The van der Waals surface area contributed by atoms with Crippen LogP contribution in [0.25, 0.3) is 0 Å². The van der Waals surface area contributed by atoms with E-state index in [-0.39, 0.29) is 30.3 Å². The van der Waals surface area contributed by atoms with Gasteiger partial charge in [-0.05, 0) is 50.3 Å². The van der Waals surface area contributed by atoms with Crippen LogP contribution in [0.4, 0.5) is 5.69 Å². The summed E-state index contributed by atoms with van der Waals surface area (Å²) in [5.74, 6) is 0.107. The highest BCUT2D eigenvalue weighted by molar-refractivity contribution is 6.39. The van der Waals surface area contributed by atoms with Crippen LogP contribution in [0.15, 0.2) is 47.6 Å². The molecule has 2 aromatic rings. The highest BCUT2D eigenvalue weighted by Gasteiger charge is 2.25. The molecule has 0 atom stereocenters. The number of amidine groups is 1. The quantitative estimate of drug-likeness (QED) is 0.766. The molecule has 1 aromatic carbocycles. The molecule has 0 spiro atoms. The highest BCUT2D eigenvalue weighted by atomic mass is 16.5. The smallest absolute Gasteiger partial charge is 0.288 e. The summed E-state index contributed by atoms with van der Waals surface area (Å²) in [5, 5.41) is 4.15. The number of anilines is 1. The average Bonchev–Trinajstić information content (AvgIpc) is 3.27. The van der Waals surface area contributed by atoms with Gasteiger partial charge in [0.25, 0.3) is 11.8 Å². The van der Waals surface area contributed by atoms with Crippen LogP contribution >= 0.6 is 0 Å². The molecule has 2 N–H and O–H groups in total. The molecule has 30 heavy (non-hydrogen) atoms. The molecule has 0 radical (unpaired) electrons. The van der Waals surface area contributed by atoms with E-state index in [1.165, 1.54) is 17.9 Å². The Labute approximate surface area is 175 Å². The minimum Gasteiger partial charge on any atom is -0.474 e. The van der Waals surface area contributed by atoms with Crippen LogP contribution in [-0.4, -0.2) is 35.3 Å². The molecule has 8 nitrogen and oxygen atoms in total. The first-order valence-corrected chi connectivity index (χ1v) is 10.2. The SMILES string of the molecule is Cc1ccc(N2NC(C(=O)NCc3ccc(OC4CCCC4)nc3)=NCC2=O)cc1. The van der Waals surface area contributed by atoms with Gasteiger partial charge < -0.3 is 10.1 Å². The molecule has 0 bridgehead atoms. The van der Waals surface area contributed by atoms with Crippen molar-refractivity contribution in [1.29, 1.82) is 0 Å². The van der Waals surface area contributed by atoms with Gasteiger partial charge in [0.05, 0.1) is 5.69 Å². The van der Waals surface area contributed by atoms with Crippen molar-refractivity contribution >= 4 is 23.3 Å². The second-order valence-electron chi connectivity index (χ2n) is 7.55. The molecule has 1 aliphatic heterocycles. The van der Waals surface area contributed by atoms with E-state index in [9.17, 15) is 9.59 Å². The Morgan fingerprint density at radius 2 is 1.97 bits per heavy atom. The van der Waals surface area contributed by atoms with Crippen molar-refractivity contribution in [3.8, 4) is 5.88 Å². The number of amides is 2. The fourth-order valence-electron chi connectivity index (χ4n) is 3.47. The van der Waals surface area contributed by atoms with E-state index in [0.717, 1.165) is 24.0 Å². The maximum atomic E-state index is 12.5. The summed E-state index contributed by atoms with van der Waals surface area (Å²) >= 11 is 0. The van der Waals surface area contributed by atoms with Crippen molar-refractivity contribution in [2.45, 2.75) is 45.3 Å². The predicted molar refractivity (Wildman–Crippen MR) is 113 cm³/mol. The first-order valence-electron chi connectivity index (χ1n) is 10.2. The Kier molecular flexibility index (Phi) is 5.92. The van der Waals surface area contributed by atoms with Gasteiger partial charge in [-0.25, -0.2) is 9.99 Å². The molecule has 1 aromatic heterocycles. The van der Waals surface area contributed by atoms with Gasteiger partial charge in [-0.1, -0.05) is 23.8 Å². The molecule has 1 fully saturated rings. The predicted octanol–water partition coefficient (Wildman–Crippen LogP) is 2.28. The fraction of sp³-hybridized carbons (Fsp3) is 0.364. The number of rotatable bonds is 6. The molecular weight excluding hydrogens is 382 g/mol. The molecule has 2 aliphatic rings. The molecule has 2 heterocycles. The normalized spacial score (nSPS) is 16.8. The first-order chi connectivity index (χ1) is 14.6. The van der Waals surface area contributed by atoms with E-state index >= 15 is 0 Å². The lowest BCUT2D eigenvalue weighted by Crippen LogP contribution is -2.55. The van der Waals surface area contributed by atoms with Gasteiger partial charge >= 0.3 is 0 Å². The molecule has 1 aliphatic carbocycles. The highest BCUT2D eigenvalue weighted by Crippen LogP contribution is 2.22. The number of carbonyl (C=O) groups excluding carboxylic acids is 2. The molecular formula is C22H25N5O3. The standard InChI is InChI=1S/C22H25N5O3/c1-15-6-9-17(10-7-15)27-20(28)14-24-21(26-27)22(29)25-13-16-8-11-19(23-12-16)30-18-4-2-3-5-18/h6-12,18H,2-5,13-14H2,1H3,(H,24,26)(H,25,29). The van der Waals surface area contributed by atoms with E-state index in [1.54, 1.807) is 6.20 Å². The summed E-state index contributed by atoms with van der Waals surface area (Å²) in [5.41, 5.74) is 5.41. The van der Waals surface area contributed by atoms with E-state index in [4.69, 9.17) is 4.74 Å². The van der Waals surface area contributed by atoms with Gasteiger partial charge in [-0.2, -0.15) is 0 Å². The molecule has 0 unspecified atom stereocenters. The number of aryl methyl sites for hydroxylation is 1. The van der Waals surface area contributed by atoms with Gasteiger partial charge in [0, 0.05) is 18.8 Å².